The van der Waals surface area contributed by atoms with Gasteiger partial charge in [0.1, 0.15) is 5.82 Å². The van der Waals surface area contributed by atoms with Crippen LogP contribution in [0.1, 0.15) is 38.6 Å². The summed E-state index contributed by atoms with van der Waals surface area (Å²) in [4.78, 5) is 9.75. The molecule has 0 bridgehead atoms. The van der Waals surface area contributed by atoms with E-state index in [2.05, 4.69) is 46.2 Å². The van der Waals surface area contributed by atoms with E-state index in [1.807, 2.05) is 50.4 Å². The van der Waals surface area contributed by atoms with Crippen LogP contribution in [0.5, 0.6) is 0 Å². The van der Waals surface area contributed by atoms with E-state index >= 15 is 0 Å². The lowest BCUT2D eigenvalue weighted by Gasteiger charge is -2.22. The molecule has 1 heterocycles. The fraction of sp³-hybridized carbons (Fsp3) is 0.304. The second-order valence-corrected chi connectivity index (χ2v) is 6.62. The molecule has 3 aromatic rings. The van der Waals surface area contributed by atoms with Gasteiger partial charge in [-0.15, -0.1) is 0 Å². The molecule has 0 aliphatic carbocycles. The Bertz CT molecular complexity index is 940. The Morgan fingerprint density at radius 1 is 1.21 bits per heavy atom. The SMILES string of the molecule is C/C=C(\NC)c1ccc(N)cc1.CCCN(CC)c1ccc2nc(C=N)[nH]c2c1. The number of aromatic amines is 1. The summed E-state index contributed by atoms with van der Waals surface area (Å²) >= 11 is 0. The van der Waals surface area contributed by atoms with Gasteiger partial charge in [-0.1, -0.05) is 25.1 Å². The molecule has 0 saturated heterocycles. The first-order valence-electron chi connectivity index (χ1n) is 10.0. The number of H-pyrrole nitrogens is 1. The standard InChI is InChI=1S/C13H18N4.C10H14N2/c1-3-7-17(4-2)10-5-6-11-12(8-10)16-13(9-14)15-11;1-3-10(12-2)8-4-6-9(11)7-5-8/h5-6,8-9,14H,3-4,7H2,1-2H3,(H,15,16);3-7,12H,11H2,1-2H3/b;10-3-. The molecule has 0 radical (unpaired) electrons. The van der Waals surface area contributed by atoms with E-state index in [9.17, 15) is 0 Å². The molecule has 0 fully saturated rings. The first kappa shape index (κ1) is 22.0. The lowest BCUT2D eigenvalue weighted by molar-refractivity contribution is 0.792. The number of imidazole rings is 1. The highest BCUT2D eigenvalue weighted by atomic mass is 15.1. The summed E-state index contributed by atoms with van der Waals surface area (Å²) in [5.74, 6) is 0.607. The number of anilines is 2. The van der Waals surface area contributed by atoms with Crippen LogP contribution in [0.3, 0.4) is 0 Å². The summed E-state index contributed by atoms with van der Waals surface area (Å²) in [5, 5.41) is 10.3. The van der Waals surface area contributed by atoms with Gasteiger partial charge in [-0.3, -0.25) is 0 Å². The van der Waals surface area contributed by atoms with E-state index < -0.39 is 0 Å². The Morgan fingerprint density at radius 3 is 2.48 bits per heavy atom. The van der Waals surface area contributed by atoms with Crippen LogP contribution < -0.4 is 16.0 Å². The molecule has 3 rings (SSSR count). The molecular formula is C23H32N6. The number of fused-ring (bicyclic) bond motifs is 1. The lowest BCUT2D eigenvalue weighted by atomic mass is 10.1. The Labute approximate surface area is 173 Å². The summed E-state index contributed by atoms with van der Waals surface area (Å²) < 4.78 is 0. The average Bonchev–Trinajstić information content (AvgIpc) is 3.17. The van der Waals surface area contributed by atoms with Gasteiger partial charge in [0.05, 0.1) is 17.2 Å². The number of hydrogen-bond acceptors (Lipinski definition) is 5. The fourth-order valence-corrected chi connectivity index (χ4v) is 3.14. The lowest BCUT2D eigenvalue weighted by Crippen LogP contribution is -2.23. The minimum Gasteiger partial charge on any atom is -0.399 e. The molecule has 0 spiro atoms. The normalized spacial score (nSPS) is 11.0. The minimum atomic E-state index is 0.607. The van der Waals surface area contributed by atoms with Crippen molar-refractivity contribution >= 4 is 34.3 Å². The first-order chi connectivity index (χ1) is 14.1. The molecule has 29 heavy (non-hydrogen) atoms. The molecule has 0 amide bonds. The van der Waals surface area contributed by atoms with Crippen LogP contribution in [-0.2, 0) is 0 Å². The maximum Gasteiger partial charge on any atom is 0.148 e. The van der Waals surface area contributed by atoms with Crippen molar-refractivity contribution in [2.45, 2.75) is 27.2 Å². The molecule has 0 aliphatic rings. The maximum absolute atomic E-state index is 7.19. The molecule has 6 heteroatoms. The van der Waals surface area contributed by atoms with Crippen LogP contribution in [-0.4, -0.2) is 36.3 Å². The predicted octanol–water partition coefficient (Wildman–Crippen LogP) is 4.65. The quantitative estimate of drug-likeness (QED) is 0.348. The van der Waals surface area contributed by atoms with Crippen molar-refractivity contribution < 1.29 is 0 Å². The van der Waals surface area contributed by atoms with Crippen LogP contribution in [0, 0.1) is 5.41 Å². The van der Waals surface area contributed by atoms with E-state index in [0.717, 1.165) is 47.5 Å². The van der Waals surface area contributed by atoms with Gasteiger partial charge in [0.25, 0.3) is 0 Å². The van der Waals surface area contributed by atoms with Crippen molar-refractivity contribution in [1.29, 1.82) is 5.41 Å². The summed E-state index contributed by atoms with van der Waals surface area (Å²) in [5.41, 5.74) is 11.8. The maximum atomic E-state index is 7.19. The van der Waals surface area contributed by atoms with Crippen molar-refractivity contribution in [3.8, 4) is 0 Å². The number of allylic oxidation sites excluding steroid dienone is 1. The van der Waals surface area contributed by atoms with Crippen molar-refractivity contribution in [3.63, 3.8) is 0 Å². The number of nitrogens with two attached hydrogens (primary N) is 1. The second kappa shape index (κ2) is 10.9. The Hall–Kier alpha value is -3.28. The molecule has 1 aromatic heterocycles. The molecule has 0 aliphatic heterocycles. The third-order valence-corrected chi connectivity index (χ3v) is 4.64. The van der Waals surface area contributed by atoms with Crippen LogP contribution in [0.4, 0.5) is 11.4 Å². The van der Waals surface area contributed by atoms with Crippen molar-refractivity contribution in [3.05, 3.63) is 59.9 Å². The van der Waals surface area contributed by atoms with Gasteiger partial charge in [0.15, 0.2) is 0 Å². The highest BCUT2D eigenvalue weighted by Gasteiger charge is 2.06. The van der Waals surface area contributed by atoms with Gasteiger partial charge in [-0.2, -0.15) is 0 Å². The topological polar surface area (TPSA) is 93.8 Å². The largest absolute Gasteiger partial charge is 0.399 e. The number of aromatic nitrogens is 2. The zero-order chi connectivity index (χ0) is 21.2. The fourth-order valence-electron chi connectivity index (χ4n) is 3.14. The Kier molecular flexibility index (Phi) is 8.27. The van der Waals surface area contributed by atoms with E-state index in [4.69, 9.17) is 11.1 Å². The molecule has 6 nitrogen and oxygen atoms in total. The number of hydrogen-bond donors (Lipinski definition) is 4. The minimum absolute atomic E-state index is 0.607. The van der Waals surface area contributed by atoms with Gasteiger partial charge < -0.3 is 26.3 Å². The van der Waals surface area contributed by atoms with Crippen molar-refractivity contribution in [2.75, 3.05) is 30.8 Å². The summed E-state index contributed by atoms with van der Waals surface area (Å²) in [7, 11) is 1.91. The molecule has 154 valence electrons. The van der Waals surface area contributed by atoms with Crippen LogP contribution >= 0.6 is 0 Å². The molecule has 0 atom stereocenters. The molecule has 0 saturated carbocycles. The Morgan fingerprint density at radius 2 is 1.93 bits per heavy atom. The van der Waals surface area contributed by atoms with Gasteiger partial charge in [0, 0.05) is 37.2 Å². The zero-order valence-corrected chi connectivity index (χ0v) is 17.8. The number of benzene rings is 2. The highest BCUT2D eigenvalue weighted by Crippen LogP contribution is 2.20. The Balaban J connectivity index is 0.000000221. The summed E-state index contributed by atoms with van der Waals surface area (Å²) in [6.07, 6.45) is 4.41. The highest BCUT2D eigenvalue weighted by molar-refractivity contribution is 5.85. The van der Waals surface area contributed by atoms with Gasteiger partial charge in [-0.25, -0.2) is 4.98 Å². The van der Waals surface area contributed by atoms with Crippen LogP contribution in [0.25, 0.3) is 16.7 Å². The molecule has 2 aromatic carbocycles. The number of nitrogens with zero attached hydrogens (tertiary/aromatic N) is 2. The first-order valence-corrected chi connectivity index (χ1v) is 10.0. The molecule has 5 N–H and O–H groups in total. The zero-order valence-electron chi connectivity index (χ0n) is 17.8. The second-order valence-electron chi connectivity index (χ2n) is 6.62. The summed E-state index contributed by atoms with van der Waals surface area (Å²) in [6.45, 7) is 8.42. The number of rotatable bonds is 7. The van der Waals surface area contributed by atoms with Crippen LogP contribution in [0.15, 0.2) is 48.5 Å². The van der Waals surface area contributed by atoms with Gasteiger partial charge >= 0.3 is 0 Å². The van der Waals surface area contributed by atoms with Crippen molar-refractivity contribution in [1.82, 2.24) is 15.3 Å². The van der Waals surface area contributed by atoms with E-state index in [1.54, 1.807) is 0 Å². The number of nitrogen functional groups attached to an aromatic ring is 1. The predicted molar refractivity (Wildman–Crippen MR) is 126 cm³/mol. The van der Waals surface area contributed by atoms with Crippen molar-refractivity contribution in [2.24, 2.45) is 0 Å². The molecule has 0 unspecified atom stereocenters. The monoisotopic (exact) mass is 392 g/mol. The van der Waals surface area contributed by atoms with Crippen LogP contribution in [0.2, 0.25) is 0 Å². The van der Waals surface area contributed by atoms with E-state index in [-0.39, 0.29) is 0 Å². The molecular weight excluding hydrogens is 360 g/mol. The average molecular weight is 393 g/mol. The smallest absolute Gasteiger partial charge is 0.148 e. The van der Waals surface area contributed by atoms with Gasteiger partial charge in [-0.05, 0) is 56.2 Å². The summed E-state index contributed by atoms with van der Waals surface area (Å²) in [6, 6.07) is 14.0. The van der Waals surface area contributed by atoms with E-state index in [1.165, 1.54) is 11.9 Å². The number of nitrogens with one attached hydrogen (secondary N) is 3. The third-order valence-electron chi connectivity index (χ3n) is 4.64. The third kappa shape index (κ3) is 5.85. The van der Waals surface area contributed by atoms with E-state index in [0.29, 0.717) is 5.82 Å². The van der Waals surface area contributed by atoms with Gasteiger partial charge in [0.2, 0.25) is 0 Å².